The smallest absolute Gasteiger partial charge is 0.434 e. The highest BCUT2D eigenvalue weighted by molar-refractivity contribution is 5.66. The predicted molar refractivity (Wildman–Crippen MR) is 46.4 cm³/mol. The molecule has 13 heavy (non-hydrogen) atoms. The molecule has 0 rings (SSSR count). The summed E-state index contributed by atoms with van der Waals surface area (Å²) in [6, 6.07) is 0. The molecule has 0 spiro atoms. The molecule has 0 aliphatic carbocycles. The highest BCUT2D eigenvalue weighted by atomic mass is 16.6. The first-order valence-electron chi connectivity index (χ1n) is 4.17. The number of aliphatic hydroxyl groups is 1. The number of ether oxygens (including phenoxy) is 1. The van der Waals surface area contributed by atoms with Crippen LogP contribution in [0.25, 0.3) is 0 Å². The van der Waals surface area contributed by atoms with Gasteiger partial charge in [-0.25, -0.2) is 4.79 Å². The molecule has 0 aromatic heterocycles. The van der Waals surface area contributed by atoms with Crippen LogP contribution in [0, 0.1) is 0 Å². The van der Waals surface area contributed by atoms with E-state index in [4.69, 9.17) is 15.1 Å². The lowest BCUT2D eigenvalue weighted by molar-refractivity contribution is -0.0954. The molecule has 2 N–H and O–H groups in total. The Morgan fingerprint density at radius 3 is 2.38 bits per heavy atom. The van der Waals surface area contributed by atoms with Crippen LogP contribution >= 0.6 is 0 Å². The van der Waals surface area contributed by atoms with Crippen LogP contribution in [-0.4, -0.2) is 40.2 Å². The van der Waals surface area contributed by atoms with E-state index in [1.165, 1.54) is 0 Å². The van der Waals surface area contributed by atoms with Gasteiger partial charge in [-0.05, 0) is 27.2 Å². The van der Waals surface area contributed by atoms with Gasteiger partial charge in [-0.15, -0.1) is 0 Å². The van der Waals surface area contributed by atoms with E-state index in [0.717, 1.165) is 0 Å². The second-order valence-electron chi connectivity index (χ2n) is 3.68. The van der Waals surface area contributed by atoms with Gasteiger partial charge in [0.1, 0.15) is 5.60 Å². The first kappa shape index (κ1) is 12.2. The Bertz CT molecular complexity index is 164. The summed E-state index contributed by atoms with van der Waals surface area (Å²) in [5.41, 5.74) is -0.614. The number of aliphatic hydroxyl groups excluding tert-OH is 1. The average molecular weight is 191 g/mol. The first-order chi connectivity index (χ1) is 5.87. The van der Waals surface area contributed by atoms with Gasteiger partial charge in [0.15, 0.2) is 0 Å². The van der Waals surface area contributed by atoms with Crippen molar-refractivity contribution in [3.63, 3.8) is 0 Å². The molecule has 0 heterocycles. The van der Waals surface area contributed by atoms with Crippen molar-refractivity contribution in [2.24, 2.45) is 0 Å². The lowest BCUT2D eigenvalue weighted by Crippen LogP contribution is -2.35. The zero-order valence-corrected chi connectivity index (χ0v) is 8.28. The molecule has 1 amide bonds. The van der Waals surface area contributed by atoms with Gasteiger partial charge in [-0.3, -0.25) is 5.21 Å². The van der Waals surface area contributed by atoms with E-state index in [9.17, 15) is 4.79 Å². The third kappa shape index (κ3) is 6.36. The van der Waals surface area contributed by atoms with E-state index < -0.39 is 11.7 Å². The normalized spacial score (nSPS) is 11.2. The maximum absolute atomic E-state index is 11.0. The van der Waals surface area contributed by atoms with Gasteiger partial charge in [-0.1, -0.05) is 0 Å². The van der Waals surface area contributed by atoms with Gasteiger partial charge in [0.05, 0.1) is 6.54 Å². The zero-order valence-electron chi connectivity index (χ0n) is 8.28. The van der Waals surface area contributed by atoms with Crippen LogP contribution in [0.1, 0.15) is 27.2 Å². The third-order valence-corrected chi connectivity index (χ3v) is 1.13. The van der Waals surface area contributed by atoms with Gasteiger partial charge in [-0.2, -0.15) is 5.06 Å². The molecule has 0 unspecified atom stereocenters. The molecule has 0 aromatic rings. The summed E-state index contributed by atoms with van der Waals surface area (Å²) in [6.07, 6.45) is -0.462. The molecule has 0 aliphatic heterocycles. The molecule has 0 fully saturated rings. The molecular weight excluding hydrogens is 174 g/mol. The summed E-state index contributed by atoms with van der Waals surface area (Å²) in [5, 5.41) is 18.0. The number of hydrogen-bond acceptors (Lipinski definition) is 4. The Kier molecular flexibility index (Phi) is 4.72. The Morgan fingerprint density at radius 2 is 2.00 bits per heavy atom. The first-order valence-corrected chi connectivity index (χ1v) is 4.17. The maximum Gasteiger partial charge on any atom is 0.434 e. The number of hydroxylamine groups is 2. The van der Waals surface area contributed by atoms with Crippen molar-refractivity contribution in [1.29, 1.82) is 0 Å². The van der Waals surface area contributed by atoms with E-state index in [0.29, 0.717) is 11.5 Å². The SMILES string of the molecule is CC(C)(C)OC(=O)N(O)CCCO. The van der Waals surface area contributed by atoms with Gasteiger partial charge in [0.25, 0.3) is 0 Å². The van der Waals surface area contributed by atoms with E-state index >= 15 is 0 Å². The van der Waals surface area contributed by atoms with Crippen molar-refractivity contribution in [1.82, 2.24) is 5.06 Å². The van der Waals surface area contributed by atoms with Crippen LogP contribution in [-0.2, 0) is 4.74 Å². The van der Waals surface area contributed by atoms with Crippen LogP contribution in [0.3, 0.4) is 0 Å². The number of rotatable bonds is 3. The van der Waals surface area contributed by atoms with Crippen molar-refractivity contribution >= 4 is 6.09 Å². The minimum absolute atomic E-state index is 0.0696. The van der Waals surface area contributed by atoms with E-state index in [2.05, 4.69) is 0 Å². The summed E-state index contributed by atoms with van der Waals surface area (Å²) in [7, 11) is 0. The fourth-order valence-corrected chi connectivity index (χ4v) is 0.626. The number of carbonyl (C=O) groups is 1. The number of carbonyl (C=O) groups excluding carboxylic acids is 1. The summed E-state index contributed by atoms with van der Waals surface area (Å²) >= 11 is 0. The molecule has 0 saturated heterocycles. The quantitative estimate of drug-likeness (QED) is 0.515. The van der Waals surface area contributed by atoms with Crippen LogP contribution < -0.4 is 0 Å². The Labute approximate surface area is 77.9 Å². The molecule has 0 radical (unpaired) electrons. The van der Waals surface area contributed by atoms with Gasteiger partial charge in [0, 0.05) is 6.61 Å². The molecular formula is C8H17NO4. The summed E-state index contributed by atoms with van der Waals surface area (Å²) < 4.78 is 4.85. The van der Waals surface area contributed by atoms with E-state index in [1.54, 1.807) is 20.8 Å². The van der Waals surface area contributed by atoms with E-state index in [-0.39, 0.29) is 13.2 Å². The third-order valence-electron chi connectivity index (χ3n) is 1.13. The molecule has 0 bridgehead atoms. The monoisotopic (exact) mass is 191 g/mol. The molecule has 0 saturated carbocycles. The van der Waals surface area contributed by atoms with Crippen LogP contribution in [0.2, 0.25) is 0 Å². The van der Waals surface area contributed by atoms with Crippen molar-refractivity contribution in [3.8, 4) is 0 Å². The Balaban J connectivity index is 3.83. The highest BCUT2D eigenvalue weighted by Crippen LogP contribution is 2.08. The fourth-order valence-electron chi connectivity index (χ4n) is 0.626. The van der Waals surface area contributed by atoms with Gasteiger partial charge < -0.3 is 9.84 Å². The highest BCUT2D eigenvalue weighted by Gasteiger charge is 2.20. The molecule has 0 aromatic carbocycles. The van der Waals surface area contributed by atoms with Crippen LogP contribution in [0.4, 0.5) is 4.79 Å². The molecule has 5 nitrogen and oxygen atoms in total. The second-order valence-corrected chi connectivity index (χ2v) is 3.68. The molecule has 0 atom stereocenters. The number of nitrogens with zero attached hydrogens (tertiary/aromatic N) is 1. The summed E-state index contributed by atoms with van der Waals surface area (Å²) in [6.45, 7) is 5.14. The lowest BCUT2D eigenvalue weighted by Gasteiger charge is -2.23. The second kappa shape index (κ2) is 5.04. The predicted octanol–water partition coefficient (Wildman–Crippen LogP) is 0.995. The minimum atomic E-state index is -0.791. The largest absolute Gasteiger partial charge is 0.442 e. The summed E-state index contributed by atoms with van der Waals surface area (Å²) in [5.74, 6) is 0. The van der Waals surface area contributed by atoms with Crippen LogP contribution in [0.5, 0.6) is 0 Å². The summed E-state index contributed by atoms with van der Waals surface area (Å²) in [4.78, 5) is 11.0. The number of hydrogen-bond donors (Lipinski definition) is 2. The van der Waals surface area contributed by atoms with Gasteiger partial charge >= 0.3 is 6.09 Å². The average Bonchev–Trinajstić information content (AvgIpc) is 1.96. The topological polar surface area (TPSA) is 70.0 Å². The fraction of sp³-hybridized carbons (Fsp3) is 0.875. The zero-order chi connectivity index (χ0) is 10.5. The molecule has 0 aliphatic rings. The Morgan fingerprint density at radius 1 is 1.46 bits per heavy atom. The molecule has 5 heteroatoms. The van der Waals surface area contributed by atoms with Crippen molar-refractivity contribution in [3.05, 3.63) is 0 Å². The van der Waals surface area contributed by atoms with Crippen molar-refractivity contribution in [2.45, 2.75) is 32.8 Å². The van der Waals surface area contributed by atoms with Gasteiger partial charge in [0.2, 0.25) is 0 Å². The van der Waals surface area contributed by atoms with Crippen molar-refractivity contribution in [2.75, 3.05) is 13.2 Å². The van der Waals surface area contributed by atoms with Crippen molar-refractivity contribution < 1.29 is 19.8 Å². The maximum atomic E-state index is 11.0. The van der Waals surface area contributed by atoms with Crippen LogP contribution in [0.15, 0.2) is 0 Å². The minimum Gasteiger partial charge on any atom is -0.442 e. The standard InChI is InChI=1S/C8H17NO4/c1-8(2,3)13-7(11)9(12)5-4-6-10/h10,12H,4-6H2,1-3H3. The number of amides is 1. The molecule has 78 valence electrons. The Hall–Kier alpha value is -0.810. The van der Waals surface area contributed by atoms with E-state index in [1.807, 2.05) is 0 Å². The lowest BCUT2D eigenvalue weighted by atomic mass is 10.2.